The molecule has 0 saturated carbocycles. The summed E-state index contributed by atoms with van der Waals surface area (Å²) < 4.78 is 13.9. The van der Waals surface area contributed by atoms with Gasteiger partial charge in [0.25, 0.3) is 0 Å². The van der Waals surface area contributed by atoms with Crippen LogP contribution in [-0.2, 0) is 6.42 Å². The summed E-state index contributed by atoms with van der Waals surface area (Å²) in [7, 11) is 0. The van der Waals surface area contributed by atoms with Gasteiger partial charge in [-0.15, -0.1) is 0 Å². The molecule has 1 nitrogen and oxygen atoms in total. The van der Waals surface area contributed by atoms with Crippen molar-refractivity contribution in [1.82, 2.24) is 0 Å². The Morgan fingerprint density at radius 3 is 2.67 bits per heavy atom. The third kappa shape index (κ3) is 3.31. The molecule has 1 atom stereocenters. The first-order chi connectivity index (χ1) is 8.56. The predicted molar refractivity (Wildman–Crippen MR) is 76.2 cm³/mol. The highest BCUT2D eigenvalue weighted by atomic mass is 79.9. The van der Waals surface area contributed by atoms with Crippen molar-refractivity contribution < 1.29 is 4.39 Å². The molecule has 0 bridgehead atoms. The Bertz CT molecular complexity index is 559. The first-order valence-electron chi connectivity index (χ1n) is 5.51. The maximum Gasteiger partial charge on any atom is 0.124 e. The van der Waals surface area contributed by atoms with Crippen molar-refractivity contribution in [2.75, 3.05) is 0 Å². The van der Waals surface area contributed by atoms with E-state index in [1.807, 2.05) is 24.3 Å². The second-order valence-electron chi connectivity index (χ2n) is 4.10. The topological polar surface area (TPSA) is 26.0 Å². The second-order valence-corrected chi connectivity index (χ2v) is 5.42. The van der Waals surface area contributed by atoms with E-state index in [-0.39, 0.29) is 11.9 Å². The Labute approximate surface area is 119 Å². The highest BCUT2D eigenvalue weighted by Crippen LogP contribution is 2.24. The monoisotopic (exact) mass is 327 g/mol. The van der Waals surface area contributed by atoms with Crippen molar-refractivity contribution >= 4 is 27.5 Å². The molecule has 0 heterocycles. The lowest BCUT2D eigenvalue weighted by atomic mass is 10.00. The zero-order valence-corrected chi connectivity index (χ0v) is 11.9. The Morgan fingerprint density at radius 1 is 1.22 bits per heavy atom. The van der Waals surface area contributed by atoms with Crippen molar-refractivity contribution in [1.29, 1.82) is 0 Å². The zero-order valence-electron chi connectivity index (χ0n) is 9.54. The summed E-state index contributed by atoms with van der Waals surface area (Å²) in [6, 6.07) is 12.0. The Hall–Kier alpha value is -0.900. The minimum absolute atomic E-state index is 0.162. The summed E-state index contributed by atoms with van der Waals surface area (Å²) in [4.78, 5) is 0. The summed E-state index contributed by atoms with van der Waals surface area (Å²) in [6.07, 6.45) is 0.579. The SMILES string of the molecule is NC(Cc1ccc(F)cc1Cl)c1cccc(Br)c1. The molecule has 0 amide bonds. The van der Waals surface area contributed by atoms with Crippen LogP contribution in [0.3, 0.4) is 0 Å². The van der Waals surface area contributed by atoms with E-state index in [0.717, 1.165) is 15.6 Å². The van der Waals surface area contributed by atoms with Crippen molar-refractivity contribution in [2.24, 2.45) is 5.73 Å². The van der Waals surface area contributed by atoms with E-state index in [4.69, 9.17) is 17.3 Å². The molecule has 0 saturated heterocycles. The van der Waals surface area contributed by atoms with Crippen LogP contribution < -0.4 is 5.73 Å². The van der Waals surface area contributed by atoms with E-state index in [0.29, 0.717) is 11.4 Å². The van der Waals surface area contributed by atoms with Crippen molar-refractivity contribution in [3.05, 3.63) is 68.9 Å². The van der Waals surface area contributed by atoms with Gasteiger partial charge in [0.05, 0.1) is 0 Å². The van der Waals surface area contributed by atoms with Crippen LogP contribution in [0.1, 0.15) is 17.2 Å². The van der Waals surface area contributed by atoms with E-state index >= 15 is 0 Å². The molecule has 2 rings (SSSR count). The van der Waals surface area contributed by atoms with Gasteiger partial charge in [-0.1, -0.05) is 45.7 Å². The minimum atomic E-state index is -0.334. The van der Waals surface area contributed by atoms with Crippen molar-refractivity contribution in [3.63, 3.8) is 0 Å². The molecule has 0 aliphatic rings. The first kappa shape index (κ1) is 13.5. The summed E-state index contributed by atoms with van der Waals surface area (Å²) in [5.41, 5.74) is 8.00. The summed E-state index contributed by atoms with van der Waals surface area (Å²) in [6.45, 7) is 0. The molecule has 0 radical (unpaired) electrons. The molecule has 0 spiro atoms. The van der Waals surface area contributed by atoms with Crippen LogP contribution in [-0.4, -0.2) is 0 Å². The van der Waals surface area contributed by atoms with Gasteiger partial charge in [-0.3, -0.25) is 0 Å². The summed E-state index contributed by atoms with van der Waals surface area (Å²) >= 11 is 9.40. The average molecular weight is 329 g/mol. The first-order valence-corrected chi connectivity index (χ1v) is 6.68. The number of hydrogen-bond acceptors (Lipinski definition) is 1. The van der Waals surface area contributed by atoms with Crippen molar-refractivity contribution in [3.8, 4) is 0 Å². The molecule has 0 aromatic heterocycles. The lowest BCUT2D eigenvalue weighted by Gasteiger charge is -2.13. The molecule has 2 aromatic carbocycles. The molecular weight excluding hydrogens is 317 g/mol. The number of hydrogen-bond donors (Lipinski definition) is 1. The maximum atomic E-state index is 12.9. The summed E-state index contributed by atoms with van der Waals surface area (Å²) in [5.74, 6) is -0.334. The molecular formula is C14H12BrClFN. The highest BCUT2D eigenvalue weighted by Gasteiger charge is 2.10. The maximum absolute atomic E-state index is 12.9. The van der Waals surface area contributed by atoms with Crippen LogP contribution >= 0.6 is 27.5 Å². The lowest BCUT2D eigenvalue weighted by molar-refractivity contribution is 0.625. The number of nitrogens with two attached hydrogens (primary N) is 1. The summed E-state index contributed by atoms with van der Waals surface area (Å²) in [5, 5.41) is 0.417. The Morgan fingerprint density at radius 2 is 2.00 bits per heavy atom. The van der Waals surface area contributed by atoms with Crippen LogP contribution in [0.5, 0.6) is 0 Å². The number of benzene rings is 2. The van der Waals surface area contributed by atoms with Gasteiger partial charge in [0.15, 0.2) is 0 Å². The molecule has 1 unspecified atom stereocenters. The van der Waals surface area contributed by atoms with Crippen LogP contribution in [0.15, 0.2) is 46.9 Å². The van der Waals surface area contributed by atoms with Crippen LogP contribution in [0.25, 0.3) is 0 Å². The zero-order chi connectivity index (χ0) is 13.1. The quantitative estimate of drug-likeness (QED) is 0.883. The highest BCUT2D eigenvalue weighted by molar-refractivity contribution is 9.10. The van der Waals surface area contributed by atoms with Gasteiger partial charge in [-0.25, -0.2) is 4.39 Å². The normalized spacial score (nSPS) is 12.4. The smallest absolute Gasteiger partial charge is 0.124 e. The van der Waals surface area contributed by atoms with Gasteiger partial charge in [0.2, 0.25) is 0 Å². The fourth-order valence-electron chi connectivity index (χ4n) is 1.78. The third-order valence-electron chi connectivity index (χ3n) is 2.73. The second kappa shape index (κ2) is 5.83. The molecule has 18 heavy (non-hydrogen) atoms. The fourth-order valence-corrected chi connectivity index (χ4v) is 2.44. The lowest BCUT2D eigenvalue weighted by Crippen LogP contribution is -2.13. The fraction of sp³-hybridized carbons (Fsp3) is 0.143. The standard InChI is InChI=1S/C14H12BrClFN/c15-11-3-1-2-10(6-11)14(18)7-9-4-5-12(17)8-13(9)16/h1-6,8,14H,7,18H2. The molecule has 0 aliphatic carbocycles. The molecule has 4 heteroatoms. The van der Waals surface area contributed by atoms with E-state index in [1.54, 1.807) is 6.07 Å². The Balaban J connectivity index is 2.18. The van der Waals surface area contributed by atoms with Gasteiger partial charge in [-0.05, 0) is 41.8 Å². The van der Waals surface area contributed by atoms with E-state index in [1.165, 1.54) is 12.1 Å². The minimum Gasteiger partial charge on any atom is -0.324 e. The van der Waals surface area contributed by atoms with Gasteiger partial charge in [-0.2, -0.15) is 0 Å². The number of halogens is 3. The van der Waals surface area contributed by atoms with Gasteiger partial charge < -0.3 is 5.73 Å². The predicted octanol–water partition coefficient (Wildman–Crippen LogP) is 4.48. The van der Waals surface area contributed by atoms with E-state index < -0.39 is 0 Å². The largest absolute Gasteiger partial charge is 0.324 e. The van der Waals surface area contributed by atoms with E-state index in [9.17, 15) is 4.39 Å². The van der Waals surface area contributed by atoms with Crippen LogP contribution in [0, 0.1) is 5.82 Å². The van der Waals surface area contributed by atoms with Crippen LogP contribution in [0.2, 0.25) is 5.02 Å². The van der Waals surface area contributed by atoms with Gasteiger partial charge >= 0.3 is 0 Å². The molecule has 0 fully saturated rings. The molecule has 94 valence electrons. The average Bonchev–Trinajstić information content (AvgIpc) is 2.32. The number of rotatable bonds is 3. The van der Waals surface area contributed by atoms with Crippen molar-refractivity contribution in [2.45, 2.75) is 12.5 Å². The molecule has 0 aliphatic heterocycles. The third-order valence-corrected chi connectivity index (χ3v) is 3.58. The van der Waals surface area contributed by atoms with E-state index in [2.05, 4.69) is 15.9 Å². The molecule has 2 aromatic rings. The van der Waals surface area contributed by atoms with Gasteiger partial charge in [0, 0.05) is 15.5 Å². The molecule has 2 N–H and O–H groups in total. The van der Waals surface area contributed by atoms with Crippen LogP contribution in [0.4, 0.5) is 4.39 Å². The van der Waals surface area contributed by atoms with Gasteiger partial charge in [0.1, 0.15) is 5.82 Å². The Kier molecular flexibility index (Phi) is 4.38.